The van der Waals surface area contributed by atoms with Gasteiger partial charge < -0.3 is 10.5 Å². The Morgan fingerprint density at radius 1 is 1.75 bits per heavy atom. The second-order valence-corrected chi connectivity index (χ2v) is 2.45. The molecular formula is C8H11FN2O. The fourth-order valence-electron chi connectivity index (χ4n) is 0.944. The van der Waals surface area contributed by atoms with Gasteiger partial charge in [-0.25, -0.2) is 4.98 Å². The van der Waals surface area contributed by atoms with Crippen LogP contribution in [-0.2, 0) is 4.74 Å². The van der Waals surface area contributed by atoms with E-state index in [1.54, 1.807) is 12.1 Å². The van der Waals surface area contributed by atoms with Gasteiger partial charge in [-0.15, -0.1) is 0 Å². The first kappa shape index (κ1) is 9.09. The van der Waals surface area contributed by atoms with E-state index in [2.05, 4.69) is 4.98 Å². The van der Waals surface area contributed by atoms with Gasteiger partial charge in [0, 0.05) is 18.9 Å². The van der Waals surface area contributed by atoms with Crippen LogP contribution in [-0.4, -0.2) is 18.7 Å². The summed E-state index contributed by atoms with van der Waals surface area (Å²) in [5, 5.41) is 0. The summed E-state index contributed by atoms with van der Waals surface area (Å²) in [5.41, 5.74) is 5.99. The zero-order valence-corrected chi connectivity index (χ0v) is 6.83. The molecule has 0 aliphatic carbocycles. The lowest BCUT2D eigenvalue weighted by Crippen LogP contribution is -2.17. The standard InChI is InChI=1S/C8H11FN2O/c1-12-5-7(10)6-3-2-4-11-8(6)9/h2-4,7H,5,10H2,1H3. The Hall–Kier alpha value is -1.00. The van der Waals surface area contributed by atoms with E-state index >= 15 is 0 Å². The van der Waals surface area contributed by atoms with Gasteiger partial charge in [0.25, 0.3) is 0 Å². The van der Waals surface area contributed by atoms with Crippen molar-refractivity contribution in [1.82, 2.24) is 4.98 Å². The van der Waals surface area contributed by atoms with Gasteiger partial charge in [0.15, 0.2) is 0 Å². The molecule has 1 aromatic heterocycles. The second-order valence-electron chi connectivity index (χ2n) is 2.45. The molecule has 0 saturated carbocycles. The highest BCUT2D eigenvalue weighted by atomic mass is 19.1. The predicted molar refractivity (Wildman–Crippen MR) is 43.0 cm³/mol. The van der Waals surface area contributed by atoms with Crippen LogP contribution < -0.4 is 5.73 Å². The number of hydrogen-bond acceptors (Lipinski definition) is 3. The van der Waals surface area contributed by atoms with Crippen molar-refractivity contribution in [2.75, 3.05) is 13.7 Å². The molecule has 3 nitrogen and oxygen atoms in total. The van der Waals surface area contributed by atoms with Crippen LogP contribution in [0.25, 0.3) is 0 Å². The summed E-state index contributed by atoms with van der Waals surface area (Å²) >= 11 is 0. The van der Waals surface area contributed by atoms with Crippen LogP contribution in [0.4, 0.5) is 4.39 Å². The third-order valence-electron chi connectivity index (χ3n) is 1.53. The minimum Gasteiger partial charge on any atom is -0.383 e. The van der Waals surface area contributed by atoms with Gasteiger partial charge in [-0.3, -0.25) is 0 Å². The monoisotopic (exact) mass is 170 g/mol. The first-order valence-electron chi connectivity index (χ1n) is 3.60. The van der Waals surface area contributed by atoms with Gasteiger partial charge in [0.1, 0.15) is 0 Å². The summed E-state index contributed by atoms with van der Waals surface area (Å²) in [4.78, 5) is 3.48. The molecule has 12 heavy (non-hydrogen) atoms. The van der Waals surface area contributed by atoms with Crippen LogP contribution in [0.15, 0.2) is 18.3 Å². The Bertz CT molecular complexity index is 255. The molecule has 0 spiro atoms. The number of rotatable bonds is 3. The third-order valence-corrected chi connectivity index (χ3v) is 1.53. The van der Waals surface area contributed by atoms with Crippen molar-refractivity contribution in [3.8, 4) is 0 Å². The first-order chi connectivity index (χ1) is 5.75. The molecule has 1 rings (SSSR count). The van der Waals surface area contributed by atoms with Crippen LogP contribution >= 0.6 is 0 Å². The highest BCUT2D eigenvalue weighted by Gasteiger charge is 2.10. The summed E-state index contributed by atoms with van der Waals surface area (Å²) in [6.45, 7) is 0.294. The van der Waals surface area contributed by atoms with Crippen molar-refractivity contribution in [2.45, 2.75) is 6.04 Å². The number of aromatic nitrogens is 1. The highest BCUT2D eigenvalue weighted by molar-refractivity contribution is 5.15. The lowest BCUT2D eigenvalue weighted by molar-refractivity contribution is 0.179. The Labute approximate surface area is 70.4 Å². The van der Waals surface area contributed by atoms with Crippen LogP contribution in [0, 0.1) is 5.95 Å². The van der Waals surface area contributed by atoms with E-state index in [9.17, 15) is 4.39 Å². The molecule has 4 heteroatoms. The van der Waals surface area contributed by atoms with E-state index in [1.807, 2.05) is 0 Å². The topological polar surface area (TPSA) is 48.1 Å². The molecule has 1 unspecified atom stereocenters. The maximum Gasteiger partial charge on any atom is 0.217 e. The number of methoxy groups -OCH3 is 1. The normalized spacial score (nSPS) is 12.9. The summed E-state index contributed by atoms with van der Waals surface area (Å²) in [7, 11) is 1.52. The van der Waals surface area contributed by atoms with Gasteiger partial charge in [-0.05, 0) is 6.07 Å². The van der Waals surface area contributed by atoms with Gasteiger partial charge in [-0.1, -0.05) is 6.07 Å². The third kappa shape index (κ3) is 1.99. The number of nitrogens with two attached hydrogens (primary N) is 1. The zero-order chi connectivity index (χ0) is 8.97. The Balaban J connectivity index is 2.79. The van der Waals surface area contributed by atoms with Gasteiger partial charge in [-0.2, -0.15) is 4.39 Å². The van der Waals surface area contributed by atoms with Crippen LogP contribution in [0.3, 0.4) is 0 Å². The SMILES string of the molecule is COCC(N)c1cccnc1F. The molecule has 1 heterocycles. The number of ether oxygens (including phenoxy) is 1. The molecule has 0 aromatic carbocycles. The van der Waals surface area contributed by atoms with Crippen molar-refractivity contribution >= 4 is 0 Å². The van der Waals surface area contributed by atoms with Crippen molar-refractivity contribution in [3.05, 3.63) is 29.8 Å². The van der Waals surface area contributed by atoms with Crippen molar-refractivity contribution in [1.29, 1.82) is 0 Å². The maximum absolute atomic E-state index is 12.9. The fraction of sp³-hybridized carbons (Fsp3) is 0.375. The van der Waals surface area contributed by atoms with E-state index < -0.39 is 12.0 Å². The molecule has 2 N–H and O–H groups in total. The van der Waals surface area contributed by atoms with E-state index in [0.717, 1.165) is 0 Å². The molecule has 0 saturated heterocycles. The quantitative estimate of drug-likeness (QED) is 0.684. The highest BCUT2D eigenvalue weighted by Crippen LogP contribution is 2.11. The maximum atomic E-state index is 12.9. The minimum atomic E-state index is -0.526. The molecule has 1 atom stereocenters. The van der Waals surface area contributed by atoms with Gasteiger partial charge in [0.2, 0.25) is 5.95 Å². The molecule has 0 aliphatic heterocycles. The van der Waals surface area contributed by atoms with Crippen LogP contribution in [0.5, 0.6) is 0 Å². The zero-order valence-electron chi connectivity index (χ0n) is 6.83. The molecule has 0 fully saturated rings. The number of hydrogen-bond donors (Lipinski definition) is 1. The number of pyridine rings is 1. The van der Waals surface area contributed by atoms with Crippen molar-refractivity contribution in [2.24, 2.45) is 5.73 Å². The molecular weight excluding hydrogens is 159 g/mol. The lowest BCUT2D eigenvalue weighted by Gasteiger charge is -2.09. The number of nitrogens with zero attached hydrogens (tertiary/aromatic N) is 1. The van der Waals surface area contributed by atoms with Crippen LogP contribution in [0.1, 0.15) is 11.6 Å². The van der Waals surface area contributed by atoms with E-state index in [-0.39, 0.29) is 0 Å². The fourth-order valence-corrected chi connectivity index (χ4v) is 0.944. The average Bonchev–Trinajstić information content (AvgIpc) is 2.05. The van der Waals surface area contributed by atoms with Gasteiger partial charge >= 0.3 is 0 Å². The Morgan fingerprint density at radius 2 is 2.50 bits per heavy atom. The average molecular weight is 170 g/mol. The number of halogens is 1. The molecule has 0 bridgehead atoms. The molecule has 66 valence electrons. The van der Waals surface area contributed by atoms with Crippen molar-refractivity contribution in [3.63, 3.8) is 0 Å². The second kappa shape index (κ2) is 4.13. The Kier molecular flexibility index (Phi) is 3.13. The van der Waals surface area contributed by atoms with Crippen LogP contribution in [0.2, 0.25) is 0 Å². The van der Waals surface area contributed by atoms with Gasteiger partial charge in [0.05, 0.1) is 12.6 Å². The first-order valence-corrected chi connectivity index (χ1v) is 3.60. The summed E-state index contributed by atoms with van der Waals surface area (Å²) < 4.78 is 17.7. The lowest BCUT2D eigenvalue weighted by atomic mass is 10.1. The largest absolute Gasteiger partial charge is 0.383 e. The molecule has 0 amide bonds. The summed E-state index contributed by atoms with van der Waals surface area (Å²) in [6.07, 6.45) is 1.39. The van der Waals surface area contributed by atoms with E-state index in [4.69, 9.17) is 10.5 Å². The molecule has 0 aliphatic rings. The minimum absolute atomic E-state index is 0.294. The molecule has 0 radical (unpaired) electrons. The van der Waals surface area contributed by atoms with Crippen molar-refractivity contribution < 1.29 is 9.13 Å². The predicted octanol–water partition coefficient (Wildman–Crippen LogP) is 0.867. The van der Waals surface area contributed by atoms with E-state index in [0.29, 0.717) is 12.2 Å². The molecule has 1 aromatic rings. The summed E-state index contributed by atoms with van der Waals surface area (Å²) in [6, 6.07) is 2.81. The summed E-state index contributed by atoms with van der Waals surface area (Å²) in [5.74, 6) is -0.526. The van der Waals surface area contributed by atoms with E-state index in [1.165, 1.54) is 13.3 Å². The Morgan fingerprint density at radius 3 is 3.08 bits per heavy atom. The smallest absolute Gasteiger partial charge is 0.217 e.